The lowest BCUT2D eigenvalue weighted by atomic mass is 10.2. The number of rotatable bonds is 6. The third-order valence-corrected chi connectivity index (χ3v) is 7.56. The highest BCUT2D eigenvalue weighted by Gasteiger charge is 2.24. The summed E-state index contributed by atoms with van der Waals surface area (Å²) in [5.41, 5.74) is 3.56. The van der Waals surface area contributed by atoms with E-state index in [1.54, 1.807) is 28.6 Å². The van der Waals surface area contributed by atoms with E-state index in [1.165, 1.54) is 28.9 Å². The summed E-state index contributed by atoms with van der Waals surface area (Å²) < 4.78 is 26.0. The van der Waals surface area contributed by atoms with Crippen LogP contribution in [0, 0.1) is 0 Å². The molecule has 0 atom stereocenters. The van der Waals surface area contributed by atoms with Crippen LogP contribution in [0.15, 0.2) is 46.8 Å². The first-order chi connectivity index (χ1) is 14.2. The molecule has 0 bridgehead atoms. The Hall–Kier alpha value is -2.40. The highest BCUT2D eigenvalue weighted by molar-refractivity contribution is 7.91. The van der Waals surface area contributed by atoms with Crippen molar-refractivity contribution in [1.82, 2.24) is 14.9 Å². The summed E-state index contributed by atoms with van der Waals surface area (Å²) in [5.74, 6) is -0.174. The Bertz CT molecular complexity index is 1340. The van der Waals surface area contributed by atoms with E-state index in [0.717, 1.165) is 14.9 Å². The predicted molar refractivity (Wildman–Crippen MR) is 123 cm³/mol. The second kappa shape index (κ2) is 8.03. The minimum absolute atomic E-state index is 0.174. The third-order valence-electron chi connectivity index (χ3n) is 4.60. The molecule has 10 heteroatoms. The molecule has 0 N–H and O–H groups in total. The maximum Gasteiger partial charge on any atom is 0.260 e. The molecule has 156 valence electrons. The van der Waals surface area contributed by atoms with Crippen LogP contribution in [0.2, 0.25) is 0 Å². The summed E-state index contributed by atoms with van der Waals surface area (Å²) in [6.45, 7) is 1.07. The number of amides is 1. The Balaban J connectivity index is 1.79. The van der Waals surface area contributed by atoms with Gasteiger partial charge in [0.1, 0.15) is 5.52 Å². The van der Waals surface area contributed by atoms with E-state index in [-0.39, 0.29) is 10.8 Å². The highest BCUT2D eigenvalue weighted by Crippen LogP contribution is 2.33. The Kier molecular flexibility index (Phi) is 5.58. The van der Waals surface area contributed by atoms with Crippen molar-refractivity contribution in [3.8, 4) is 0 Å². The zero-order valence-electron chi connectivity index (χ0n) is 16.7. The lowest BCUT2D eigenvalue weighted by Crippen LogP contribution is -2.36. The topological polar surface area (TPSA) is 83.5 Å². The SMILES string of the molecule is CN(C)CCN(C(=O)c1ccc2ncsc2c1)c1nc2c(S(C)(=O)=O)cccc2s1. The van der Waals surface area contributed by atoms with Crippen molar-refractivity contribution in [2.24, 2.45) is 0 Å². The second-order valence-corrected chi connectivity index (χ2v) is 11.0. The van der Waals surface area contributed by atoms with Crippen molar-refractivity contribution >= 4 is 64.0 Å². The summed E-state index contributed by atoms with van der Waals surface area (Å²) >= 11 is 2.80. The Morgan fingerprint density at radius 2 is 1.90 bits per heavy atom. The lowest BCUT2D eigenvalue weighted by molar-refractivity contribution is 0.0985. The first-order valence-corrected chi connectivity index (χ1v) is 12.7. The van der Waals surface area contributed by atoms with Crippen LogP contribution in [0.4, 0.5) is 5.13 Å². The number of thiazole rings is 2. The van der Waals surface area contributed by atoms with Crippen LogP contribution in [-0.4, -0.2) is 62.6 Å². The summed E-state index contributed by atoms with van der Waals surface area (Å²) in [6.07, 6.45) is 1.17. The second-order valence-electron chi connectivity index (χ2n) is 7.17. The summed E-state index contributed by atoms with van der Waals surface area (Å²) in [5, 5.41) is 0.484. The normalized spacial score (nSPS) is 12.1. The number of aromatic nitrogens is 2. The molecular formula is C20H20N4O3S3. The average molecular weight is 461 g/mol. The fourth-order valence-electron chi connectivity index (χ4n) is 3.05. The molecule has 1 amide bonds. The van der Waals surface area contributed by atoms with Gasteiger partial charge in [-0.15, -0.1) is 11.3 Å². The van der Waals surface area contributed by atoms with Gasteiger partial charge in [0, 0.05) is 24.9 Å². The van der Waals surface area contributed by atoms with Gasteiger partial charge in [0.05, 0.1) is 25.3 Å². The number of fused-ring (bicyclic) bond motifs is 2. The van der Waals surface area contributed by atoms with Crippen molar-refractivity contribution in [3.63, 3.8) is 0 Å². The van der Waals surface area contributed by atoms with Crippen LogP contribution in [-0.2, 0) is 9.84 Å². The van der Waals surface area contributed by atoms with Gasteiger partial charge >= 0.3 is 0 Å². The van der Waals surface area contributed by atoms with Gasteiger partial charge in [-0.25, -0.2) is 18.4 Å². The summed E-state index contributed by atoms with van der Waals surface area (Å²) in [6, 6.07) is 10.5. The van der Waals surface area contributed by atoms with Gasteiger partial charge in [-0.3, -0.25) is 9.69 Å². The number of hydrogen-bond acceptors (Lipinski definition) is 8. The van der Waals surface area contributed by atoms with E-state index < -0.39 is 9.84 Å². The molecule has 0 aliphatic rings. The fraction of sp³-hybridized carbons (Fsp3) is 0.250. The molecule has 0 saturated carbocycles. The minimum atomic E-state index is -3.43. The number of nitrogens with zero attached hydrogens (tertiary/aromatic N) is 4. The highest BCUT2D eigenvalue weighted by atomic mass is 32.2. The smallest absolute Gasteiger partial charge is 0.260 e. The third kappa shape index (κ3) is 4.08. The molecule has 0 radical (unpaired) electrons. The van der Waals surface area contributed by atoms with Gasteiger partial charge < -0.3 is 4.90 Å². The van der Waals surface area contributed by atoms with Crippen LogP contribution < -0.4 is 4.90 Å². The van der Waals surface area contributed by atoms with Crippen molar-refractivity contribution in [1.29, 1.82) is 0 Å². The van der Waals surface area contributed by atoms with Crippen LogP contribution in [0.5, 0.6) is 0 Å². The largest absolute Gasteiger partial charge is 0.308 e. The number of hydrogen-bond donors (Lipinski definition) is 0. The molecule has 30 heavy (non-hydrogen) atoms. The van der Waals surface area contributed by atoms with Crippen molar-refractivity contribution < 1.29 is 13.2 Å². The number of para-hydroxylation sites is 1. The van der Waals surface area contributed by atoms with Crippen LogP contribution in [0.1, 0.15) is 10.4 Å². The zero-order chi connectivity index (χ0) is 21.5. The molecule has 4 rings (SSSR count). The number of carbonyl (C=O) groups excluding carboxylic acids is 1. The quantitative estimate of drug-likeness (QED) is 0.438. The molecule has 0 fully saturated rings. The average Bonchev–Trinajstić information content (AvgIpc) is 3.32. The van der Waals surface area contributed by atoms with Crippen LogP contribution >= 0.6 is 22.7 Å². The Labute approximate surface area is 182 Å². The van der Waals surface area contributed by atoms with E-state index in [4.69, 9.17) is 0 Å². The number of sulfone groups is 1. The first-order valence-electron chi connectivity index (χ1n) is 9.13. The van der Waals surface area contributed by atoms with Crippen LogP contribution in [0.25, 0.3) is 20.4 Å². The number of benzene rings is 2. The summed E-state index contributed by atoms with van der Waals surface area (Å²) in [7, 11) is 0.442. The van der Waals surface area contributed by atoms with Gasteiger partial charge in [0.2, 0.25) is 0 Å². The number of anilines is 1. The van der Waals surface area contributed by atoms with Crippen LogP contribution in [0.3, 0.4) is 0 Å². The van der Waals surface area contributed by atoms with E-state index in [9.17, 15) is 13.2 Å². The Morgan fingerprint density at radius 3 is 2.63 bits per heavy atom. The maximum atomic E-state index is 13.4. The van der Waals surface area contributed by atoms with E-state index in [0.29, 0.717) is 29.3 Å². The fourth-order valence-corrected chi connectivity index (χ4v) is 5.68. The lowest BCUT2D eigenvalue weighted by Gasteiger charge is -2.22. The van der Waals surface area contributed by atoms with E-state index >= 15 is 0 Å². The molecule has 0 aliphatic carbocycles. The first kappa shape index (κ1) is 20.9. The van der Waals surface area contributed by atoms with Gasteiger partial charge in [0.25, 0.3) is 5.91 Å². The molecule has 7 nitrogen and oxygen atoms in total. The molecule has 2 heterocycles. The standard InChI is InChI=1S/C20H20N4O3S3/c1-23(2)9-10-24(19(25)13-7-8-14-16(11-13)28-12-21-14)20-22-18-15(29-20)5-4-6-17(18)30(3,26)27/h4-8,11-12H,9-10H2,1-3H3. The van der Waals surface area contributed by atoms with E-state index in [2.05, 4.69) is 9.97 Å². The maximum absolute atomic E-state index is 13.4. The summed E-state index contributed by atoms with van der Waals surface area (Å²) in [4.78, 5) is 26.0. The van der Waals surface area contributed by atoms with Gasteiger partial charge in [-0.2, -0.15) is 0 Å². The predicted octanol–water partition coefficient (Wildman–Crippen LogP) is 3.52. The zero-order valence-corrected chi connectivity index (χ0v) is 19.1. The monoisotopic (exact) mass is 460 g/mol. The molecule has 2 aromatic heterocycles. The molecule has 0 aliphatic heterocycles. The molecule has 0 saturated heterocycles. The van der Waals surface area contributed by atoms with Crippen molar-refractivity contribution in [2.45, 2.75) is 4.90 Å². The number of likely N-dealkylation sites (N-methyl/N-ethyl adjacent to an activating group) is 1. The van der Waals surface area contributed by atoms with E-state index in [1.807, 2.05) is 37.2 Å². The molecular weight excluding hydrogens is 440 g/mol. The van der Waals surface area contributed by atoms with Gasteiger partial charge in [-0.05, 0) is 44.4 Å². The molecule has 2 aromatic carbocycles. The minimum Gasteiger partial charge on any atom is -0.308 e. The number of carbonyl (C=O) groups is 1. The molecule has 0 spiro atoms. The molecule has 4 aromatic rings. The van der Waals surface area contributed by atoms with Crippen molar-refractivity contribution in [2.75, 3.05) is 38.3 Å². The van der Waals surface area contributed by atoms with Gasteiger partial charge in [-0.1, -0.05) is 17.4 Å². The van der Waals surface area contributed by atoms with Gasteiger partial charge in [0.15, 0.2) is 15.0 Å². The molecule has 0 unspecified atom stereocenters. The van der Waals surface area contributed by atoms with Crippen molar-refractivity contribution in [3.05, 3.63) is 47.5 Å². The Morgan fingerprint density at radius 1 is 1.10 bits per heavy atom.